The number of hydrogen-bond donors (Lipinski definition) is 1. The Morgan fingerprint density at radius 2 is 1.69 bits per heavy atom. The third-order valence-corrected chi connectivity index (χ3v) is 5.01. The van der Waals surface area contributed by atoms with Crippen LogP contribution in [0.4, 0.5) is 13.2 Å². The van der Waals surface area contributed by atoms with Gasteiger partial charge in [0, 0.05) is 5.56 Å². The van der Waals surface area contributed by atoms with Crippen LogP contribution >= 0.6 is 0 Å². The summed E-state index contributed by atoms with van der Waals surface area (Å²) in [4.78, 5) is 12.1. The van der Waals surface area contributed by atoms with Crippen molar-refractivity contribution >= 4 is 5.97 Å². The molecule has 0 spiro atoms. The average Bonchev–Trinajstić information content (AvgIpc) is 3.26. The largest absolute Gasteiger partial charge is 0.573 e. The second-order valence-corrected chi connectivity index (χ2v) is 8.30. The lowest BCUT2D eigenvalue weighted by Crippen LogP contribution is -2.39. The smallest absolute Gasteiger partial charge is 0.484 e. The summed E-state index contributed by atoms with van der Waals surface area (Å²) in [5, 5.41) is 7.12. The van der Waals surface area contributed by atoms with E-state index >= 15 is 0 Å². The zero-order valence-corrected chi connectivity index (χ0v) is 20.0. The molecule has 0 aliphatic heterocycles. The summed E-state index contributed by atoms with van der Waals surface area (Å²) < 4.78 is 57.8. The van der Waals surface area contributed by atoms with Crippen molar-refractivity contribution in [3.8, 4) is 28.5 Å². The third kappa shape index (κ3) is 6.91. The molecule has 0 amide bonds. The van der Waals surface area contributed by atoms with E-state index in [0.29, 0.717) is 28.5 Å². The first-order valence-corrected chi connectivity index (χ1v) is 10.9. The molecule has 35 heavy (non-hydrogen) atoms. The zero-order chi connectivity index (χ0) is 25.8. The molecule has 1 heterocycles. The number of nitrogens with zero attached hydrogens (tertiary/aromatic N) is 1. The molecule has 0 aliphatic rings. The quantitative estimate of drug-likeness (QED) is 0.361. The Kier molecular flexibility index (Phi) is 7.62. The number of nitrogens with one attached hydrogen (secondary N) is 1. The Hall–Kier alpha value is -3.69. The maximum atomic E-state index is 12.3. The highest BCUT2D eigenvalue weighted by molar-refractivity contribution is 5.79. The van der Waals surface area contributed by atoms with Crippen LogP contribution in [0.1, 0.15) is 45.1 Å². The molecule has 1 atom stereocenters. The van der Waals surface area contributed by atoms with Gasteiger partial charge in [0.05, 0.1) is 18.0 Å². The molecule has 7 nitrogen and oxygen atoms in total. The highest BCUT2D eigenvalue weighted by Crippen LogP contribution is 2.31. The zero-order valence-electron chi connectivity index (χ0n) is 20.0. The Balaban J connectivity index is 1.66. The number of benzene rings is 2. The van der Waals surface area contributed by atoms with Crippen LogP contribution in [0.25, 0.3) is 11.3 Å². The summed E-state index contributed by atoms with van der Waals surface area (Å²) in [6.45, 7) is 8.96. The number of aryl methyl sites for hydroxylation is 1. The maximum absolute atomic E-state index is 12.3. The van der Waals surface area contributed by atoms with Crippen molar-refractivity contribution in [2.75, 3.05) is 6.61 Å². The van der Waals surface area contributed by atoms with Gasteiger partial charge in [0.1, 0.15) is 23.4 Å². The first-order chi connectivity index (χ1) is 16.4. The molecule has 1 N–H and O–H groups in total. The highest BCUT2D eigenvalue weighted by atomic mass is 19.4. The Morgan fingerprint density at radius 1 is 1.03 bits per heavy atom. The fourth-order valence-corrected chi connectivity index (χ4v) is 3.22. The molecule has 0 radical (unpaired) electrons. The van der Waals surface area contributed by atoms with Crippen molar-refractivity contribution in [1.82, 2.24) is 10.2 Å². The lowest BCUT2D eigenvalue weighted by Gasteiger charge is -2.25. The van der Waals surface area contributed by atoms with Gasteiger partial charge in [0.15, 0.2) is 5.60 Å². The van der Waals surface area contributed by atoms with E-state index in [1.807, 2.05) is 13.8 Å². The number of H-pyrrole nitrogens is 1. The number of alkyl halides is 3. The van der Waals surface area contributed by atoms with E-state index in [0.717, 1.165) is 5.56 Å². The van der Waals surface area contributed by atoms with Crippen molar-refractivity contribution in [3.63, 3.8) is 0 Å². The van der Waals surface area contributed by atoms with Gasteiger partial charge in [-0.15, -0.1) is 13.2 Å². The minimum atomic E-state index is -4.74. The van der Waals surface area contributed by atoms with E-state index in [9.17, 15) is 18.0 Å². The lowest BCUT2D eigenvalue weighted by atomic mass is 10.1. The molecule has 1 unspecified atom stereocenters. The summed E-state index contributed by atoms with van der Waals surface area (Å²) in [5.41, 5.74) is 1.49. The van der Waals surface area contributed by atoms with Crippen molar-refractivity contribution in [3.05, 3.63) is 59.8 Å². The minimum absolute atomic E-state index is 0.266. The first kappa shape index (κ1) is 25.9. The van der Waals surface area contributed by atoms with Gasteiger partial charge >= 0.3 is 12.3 Å². The Labute approximate surface area is 201 Å². The van der Waals surface area contributed by atoms with Crippen LogP contribution in [0.3, 0.4) is 0 Å². The van der Waals surface area contributed by atoms with Gasteiger partial charge in [-0.05, 0) is 88.7 Å². The monoisotopic (exact) mass is 492 g/mol. The van der Waals surface area contributed by atoms with Crippen LogP contribution in [-0.4, -0.2) is 34.7 Å². The maximum Gasteiger partial charge on any atom is 0.573 e. The molecule has 0 bridgehead atoms. The SMILES string of the molecule is CCOC(=O)C(C)(C)Oc1ccc(OC(C)c2cc(-c3ccc(OC(F)(F)F)cc3)n[nH]2)cc1C. The second-order valence-electron chi connectivity index (χ2n) is 8.30. The number of aromatic amines is 1. The van der Waals surface area contributed by atoms with Gasteiger partial charge in [-0.2, -0.15) is 5.10 Å². The number of carbonyl (C=O) groups is 1. The predicted molar refractivity (Wildman–Crippen MR) is 122 cm³/mol. The highest BCUT2D eigenvalue weighted by Gasteiger charge is 2.32. The second kappa shape index (κ2) is 10.3. The van der Waals surface area contributed by atoms with Crippen LogP contribution in [-0.2, 0) is 9.53 Å². The molecule has 0 saturated carbocycles. The average molecular weight is 492 g/mol. The lowest BCUT2D eigenvalue weighted by molar-refractivity contribution is -0.274. The van der Waals surface area contributed by atoms with Gasteiger partial charge in [-0.25, -0.2) is 4.79 Å². The number of carbonyl (C=O) groups excluding carboxylic acids is 1. The minimum Gasteiger partial charge on any atom is -0.484 e. The van der Waals surface area contributed by atoms with E-state index in [4.69, 9.17) is 14.2 Å². The van der Waals surface area contributed by atoms with Gasteiger partial charge in [0.25, 0.3) is 0 Å². The number of ether oxygens (including phenoxy) is 4. The molecule has 0 saturated heterocycles. The summed E-state index contributed by atoms with van der Waals surface area (Å²) in [6.07, 6.45) is -5.14. The number of rotatable bonds is 9. The molecular formula is C25H27F3N2O5. The van der Waals surface area contributed by atoms with E-state index in [-0.39, 0.29) is 12.4 Å². The van der Waals surface area contributed by atoms with E-state index < -0.39 is 24.0 Å². The van der Waals surface area contributed by atoms with E-state index in [2.05, 4.69) is 14.9 Å². The van der Waals surface area contributed by atoms with Gasteiger partial charge in [-0.3, -0.25) is 5.10 Å². The molecule has 10 heteroatoms. The Morgan fingerprint density at radius 3 is 2.29 bits per heavy atom. The molecule has 2 aromatic carbocycles. The normalized spacial score (nSPS) is 12.7. The standard InChI is InChI=1S/C25H27F3N2O5/c1-6-32-23(31)24(4,5)35-22-12-11-19(13-15(22)2)33-16(3)20-14-21(30-29-20)17-7-9-18(10-8-17)34-25(26,27)28/h7-14,16H,6H2,1-5H3,(H,29,30). The molecule has 0 aliphatic carbocycles. The molecule has 3 aromatic rings. The number of esters is 1. The van der Waals surface area contributed by atoms with Crippen LogP contribution < -0.4 is 14.2 Å². The van der Waals surface area contributed by atoms with E-state index in [1.54, 1.807) is 45.0 Å². The molecular weight excluding hydrogens is 465 g/mol. The summed E-state index contributed by atoms with van der Waals surface area (Å²) in [7, 11) is 0. The van der Waals surface area contributed by atoms with Gasteiger partial charge in [0.2, 0.25) is 0 Å². The summed E-state index contributed by atoms with van der Waals surface area (Å²) >= 11 is 0. The van der Waals surface area contributed by atoms with Crippen LogP contribution in [0, 0.1) is 6.92 Å². The Bertz CT molecular complexity index is 1160. The third-order valence-electron chi connectivity index (χ3n) is 5.01. The number of hydrogen-bond acceptors (Lipinski definition) is 6. The van der Waals surface area contributed by atoms with Crippen molar-refractivity contribution < 1.29 is 36.9 Å². The van der Waals surface area contributed by atoms with Crippen LogP contribution in [0.2, 0.25) is 0 Å². The van der Waals surface area contributed by atoms with E-state index in [1.165, 1.54) is 24.3 Å². The van der Waals surface area contributed by atoms with Crippen LogP contribution in [0.5, 0.6) is 17.2 Å². The van der Waals surface area contributed by atoms with Crippen LogP contribution in [0.15, 0.2) is 48.5 Å². The fraction of sp³-hybridized carbons (Fsp3) is 0.360. The molecule has 188 valence electrons. The predicted octanol–water partition coefficient (Wildman–Crippen LogP) is 6.14. The molecule has 3 rings (SSSR count). The van der Waals surface area contributed by atoms with Gasteiger partial charge in [-0.1, -0.05) is 0 Å². The summed E-state index contributed by atoms with van der Waals surface area (Å²) in [6, 6.07) is 12.5. The first-order valence-electron chi connectivity index (χ1n) is 10.9. The molecule has 0 fully saturated rings. The summed E-state index contributed by atoms with van der Waals surface area (Å²) in [5.74, 6) is 0.360. The topological polar surface area (TPSA) is 82.7 Å². The number of aromatic nitrogens is 2. The van der Waals surface area contributed by atoms with Crippen molar-refractivity contribution in [2.24, 2.45) is 0 Å². The fourth-order valence-electron chi connectivity index (χ4n) is 3.22. The molecule has 1 aromatic heterocycles. The van der Waals surface area contributed by atoms with Gasteiger partial charge < -0.3 is 18.9 Å². The van der Waals surface area contributed by atoms with Crippen molar-refractivity contribution in [1.29, 1.82) is 0 Å². The number of halogens is 3. The van der Waals surface area contributed by atoms with Crippen molar-refractivity contribution in [2.45, 2.75) is 52.7 Å².